The smallest absolute Gasteiger partial charge is 0.435 e. The lowest BCUT2D eigenvalue weighted by molar-refractivity contribution is -0.275. The van der Waals surface area contributed by atoms with E-state index < -0.39 is 24.2 Å². The van der Waals surface area contributed by atoms with E-state index in [1.165, 1.54) is 36.4 Å². The molecule has 1 aliphatic rings. The Morgan fingerprint density at radius 3 is 2.42 bits per heavy atom. The fraction of sp³-hybridized carbons (Fsp3) is 0.333. The first-order valence-corrected chi connectivity index (χ1v) is 10.7. The zero-order chi connectivity index (χ0) is 23.0. The van der Waals surface area contributed by atoms with E-state index in [2.05, 4.69) is 21.1 Å². The lowest BCUT2D eigenvalue weighted by Crippen LogP contribution is -2.42. The van der Waals surface area contributed by atoms with Crippen LogP contribution in [0.3, 0.4) is 0 Å². The Kier molecular flexibility index (Phi) is 6.93. The molecule has 4 nitrogen and oxygen atoms in total. The summed E-state index contributed by atoms with van der Waals surface area (Å²) in [6.07, 6.45) is -5.38. The zero-order valence-corrected chi connectivity index (χ0v) is 19.5. The van der Waals surface area contributed by atoms with E-state index in [9.17, 15) is 18.0 Å². The monoisotopic (exact) mass is 537 g/mol. The Balaban J connectivity index is 1.94. The van der Waals surface area contributed by atoms with Crippen molar-refractivity contribution in [3.63, 3.8) is 0 Å². The zero-order valence-electron chi connectivity index (χ0n) is 16.4. The molecule has 0 amide bonds. The van der Waals surface area contributed by atoms with Crippen LogP contribution in [0.2, 0.25) is 10.0 Å². The topological polar surface area (TPSA) is 47.9 Å². The third kappa shape index (κ3) is 5.02. The molecule has 0 fully saturated rings. The predicted octanol–water partition coefficient (Wildman–Crippen LogP) is 7.15. The standard InChI is InChI=1S/C21H17BrCl2F3NO3/c1-11(2)10-30-19(29)16-4-3-13(7-17(16)22)20(21(25,26)27)9-18(28-31-20)12-5-14(23)8-15(24)6-12/h3-8,11H,9-10H2,1-2H3. The summed E-state index contributed by atoms with van der Waals surface area (Å²) in [5, 5.41) is 4.22. The van der Waals surface area contributed by atoms with Gasteiger partial charge in [0, 0.05) is 32.1 Å². The van der Waals surface area contributed by atoms with Gasteiger partial charge in [-0.1, -0.05) is 48.3 Å². The molecule has 0 saturated carbocycles. The van der Waals surface area contributed by atoms with Crippen LogP contribution in [-0.2, 0) is 15.2 Å². The molecule has 0 spiro atoms. The van der Waals surface area contributed by atoms with E-state index in [0.717, 1.165) is 0 Å². The number of oxime groups is 1. The molecule has 0 N–H and O–H groups in total. The van der Waals surface area contributed by atoms with Gasteiger partial charge in [-0.3, -0.25) is 0 Å². The Bertz CT molecular complexity index is 1020. The molecule has 1 atom stereocenters. The summed E-state index contributed by atoms with van der Waals surface area (Å²) in [6, 6.07) is 8.05. The molecule has 0 radical (unpaired) electrons. The lowest BCUT2D eigenvalue weighted by Gasteiger charge is -2.29. The second-order valence-corrected chi connectivity index (χ2v) is 9.20. The molecule has 166 valence electrons. The molecule has 0 aromatic heterocycles. The maximum absolute atomic E-state index is 14.2. The van der Waals surface area contributed by atoms with Crippen molar-refractivity contribution in [2.45, 2.75) is 32.0 Å². The van der Waals surface area contributed by atoms with E-state index in [1.807, 2.05) is 13.8 Å². The number of halogens is 6. The Morgan fingerprint density at radius 2 is 1.87 bits per heavy atom. The van der Waals surface area contributed by atoms with Crippen LogP contribution < -0.4 is 0 Å². The van der Waals surface area contributed by atoms with Crippen molar-refractivity contribution in [2.24, 2.45) is 11.1 Å². The van der Waals surface area contributed by atoms with E-state index >= 15 is 0 Å². The van der Waals surface area contributed by atoms with Gasteiger partial charge in [0.2, 0.25) is 0 Å². The number of benzene rings is 2. The summed E-state index contributed by atoms with van der Waals surface area (Å²) in [4.78, 5) is 17.2. The second kappa shape index (κ2) is 9.00. The van der Waals surface area contributed by atoms with Gasteiger partial charge in [-0.15, -0.1) is 0 Å². The molecular weight excluding hydrogens is 522 g/mol. The third-order valence-electron chi connectivity index (χ3n) is 4.58. The number of hydrogen-bond donors (Lipinski definition) is 0. The molecule has 1 heterocycles. The molecule has 0 bridgehead atoms. The van der Waals surface area contributed by atoms with Crippen molar-refractivity contribution in [1.82, 2.24) is 0 Å². The molecule has 10 heteroatoms. The average Bonchev–Trinajstić information content (AvgIpc) is 3.12. The summed E-state index contributed by atoms with van der Waals surface area (Å²) in [7, 11) is 0. The Labute approximate surface area is 195 Å². The van der Waals surface area contributed by atoms with E-state index in [1.54, 1.807) is 0 Å². The van der Waals surface area contributed by atoms with Gasteiger partial charge in [-0.2, -0.15) is 13.2 Å². The van der Waals surface area contributed by atoms with Crippen molar-refractivity contribution in [3.05, 3.63) is 67.6 Å². The van der Waals surface area contributed by atoms with Crippen molar-refractivity contribution < 1.29 is 27.5 Å². The van der Waals surface area contributed by atoms with Crippen molar-refractivity contribution in [3.8, 4) is 0 Å². The summed E-state index contributed by atoms with van der Waals surface area (Å²) < 4.78 is 47.9. The quantitative estimate of drug-likeness (QED) is 0.380. The molecule has 3 rings (SSSR count). The summed E-state index contributed by atoms with van der Waals surface area (Å²) in [5.41, 5.74) is -2.43. The lowest BCUT2D eigenvalue weighted by atomic mass is 9.86. The number of carbonyl (C=O) groups is 1. The van der Waals surface area contributed by atoms with Crippen LogP contribution >= 0.6 is 39.1 Å². The first-order chi connectivity index (χ1) is 14.4. The summed E-state index contributed by atoms with van der Waals surface area (Å²) >= 11 is 15.1. The number of alkyl halides is 3. The molecule has 31 heavy (non-hydrogen) atoms. The maximum Gasteiger partial charge on any atom is 0.435 e. The molecule has 1 aliphatic heterocycles. The van der Waals surface area contributed by atoms with Crippen LogP contribution in [0.25, 0.3) is 0 Å². The molecular formula is C21H17BrCl2F3NO3. The number of hydrogen-bond acceptors (Lipinski definition) is 4. The number of ether oxygens (including phenoxy) is 1. The van der Waals surface area contributed by atoms with Crippen LogP contribution in [0, 0.1) is 5.92 Å². The van der Waals surface area contributed by atoms with Crippen molar-refractivity contribution >= 4 is 50.8 Å². The fourth-order valence-electron chi connectivity index (χ4n) is 3.03. The van der Waals surface area contributed by atoms with E-state index in [4.69, 9.17) is 32.8 Å². The van der Waals surface area contributed by atoms with Crippen molar-refractivity contribution in [2.75, 3.05) is 6.61 Å². The molecule has 2 aromatic carbocycles. The van der Waals surface area contributed by atoms with Crippen LogP contribution in [0.5, 0.6) is 0 Å². The predicted molar refractivity (Wildman–Crippen MR) is 116 cm³/mol. The number of esters is 1. The number of nitrogens with zero attached hydrogens (tertiary/aromatic N) is 1. The van der Waals surface area contributed by atoms with Crippen molar-refractivity contribution in [1.29, 1.82) is 0 Å². The third-order valence-corrected chi connectivity index (χ3v) is 5.68. The first kappa shape index (κ1) is 23.9. The van der Waals surface area contributed by atoms with Gasteiger partial charge < -0.3 is 9.57 Å². The Hall–Kier alpha value is -1.77. The molecule has 0 aliphatic carbocycles. The number of carbonyl (C=O) groups excluding carboxylic acids is 1. The minimum atomic E-state index is -4.79. The minimum absolute atomic E-state index is 0.0540. The van der Waals surface area contributed by atoms with Gasteiger partial charge in [0.15, 0.2) is 0 Å². The highest BCUT2D eigenvalue weighted by molar-refractivity contribution is 9.10. The fourth-order valence-corrected chi connectivity index (χ4v) is 4.10. The summed E-state index contributed by atoms with van der Waals surface area (Å²) in [6.45, 7) is 3.95. The van der Waals surface area contributed by atoms with Crippen LogP contribution in [-0.4, -0.2) is 24.5 Å². The molecule has 2 aromatic rings. The highest BCUT2D eigenvalue weighted by atomic mass is 79.9. The minimum Gasteiger partial charge on any atom is -0.462 e. The van der Waals surface area contributed by atoms with E-state index in [0.29, 0.717) is 5.56 Å². The van der Waals surface area contributed by atoms with Gasteiger partial charge in [-0.05, 0) is 52.2 Å². The van der Waals surface area contributed by atoms with Gasteiger partial charge in [0.25, 0.3) is 5.60 Å². The Morgan fingerprint density at radius 1 is 1.23 bits per heavy atom. The highest BCUT2D eigenvalue weighted by Crippen LogP contribution is 2.49. The largest absolute Gasteiger partial charge is 0.462 e. The van der Waals surface area contributed by atoms with Crippen LogP contribution in [0.15, 0.2) is 46.0 Å². The van der Waals surface area contributed by atoms with Crippen LogP contribution in [0.4, 0.5) is 13.2 Å². The maximum atomic E-state index is 14.2. The highest BCUT2D eigenvalue weighted by Gasteiger charge is 2.62. The second-order valence-electron chi connectivity index (χ2n) is 7.48. The average molecular weight is 539 g/mol. The summed E-state index contributed by atoms with van der Waals surface area (Å²) in [5.74, 6) is -0.510. The van der Waals surface area contributed by atoms with Gasteiger partial charge in [0.05, 0.1) is 17.9 Å². The van der Waals surface area contributed by atoms with Crippen LogP contribution in [0.1, 0.15) is 41.8 Å². The normalized spacial score (nSPS) is 18.7. The first-order valence-electron chi connectivity index (χ1n) is 9.18. The molecule has 1 unspecified atom stereocenters. The van der Waals surface area contributed by atoms with Gasteiger partial charge >= 0.3 is 12.1 Å². The van der Waals surface area contributed by atoms with Gasteiger partial charge in [0.1, 0.15) is 0 Å². The SMILES string of the molecule is CC(C)COC(=O)c1ccc(C2(C(F)(F)F)CC(c3cc(Cl)cc(Cl)c3)=NO2)cc1Br. The van der Waals surface area contributed by atoms with Gasteiger partial charge in [-0.25, -0.2) is 4.79 Å². The number of rotatable bonds is 5. The molecule has 0 saturated heterocycles. The van der Waals surface area contributed by atoms with E-state index in [-0.39, 0.29) is 43.9 Å².